The van der Waals surface area contributed by atoms with Crippen molar-refractivity contribution in [1.82, 2.24) is 0 Å². The predicted octanol–water partition coefficient (Wildman–Crippen LogP) is 6.48. The van der Waals surface area contributed by atoms with Gasteiger partial charge in [0.1, 0.15) is 0 Å². The first-order chi connectivity index (χ1) is 17.3. The summed E-state index contributed by atoms with van der Waals surface area (Å²) in [5.74, 6) is -2.75. The Morgan fingerprint density at radius 1 is 0.649 bits per heavy atom. The number of aliphatic imine (C=N–C) groups is 2. The van der Waals surface area contributed by atoms with Crippen molar-refractivity contribution in [2.75, 3.05) is 0 Å². The van der Waals surface area contributed by atoms with Gasteiger partial charge in [-0.1, -0.05) is 36.4 Å². The molecule has 0 aliphatic heterocycles. The van der Waals surface area contributed by atoms with Crippen LogP contribution in [0.1, 0.15) is 37.4 Å². The van der Waals surface area contributed by atoms with Gasteiger partial charge in [-0.05, 0) is 47.2 Å². The van der Waals surface area contributed by atoms with Gasteiger partial charge in [-0.25, -0.2) is 9.59 Å². The van der Waals surface area contributed by atoms with Gasteiger partial charge in [0.2, 0.25) is 0 Å². The molecule has 0 aliphatic carbocycles. The molecule has 2 aromatic carbocycles. The summed E-state index contributed by atoms with van der Waals surface area (Å²) in [5, 5.41) is 29.2. The number of nitrogens with zero attached hydrogens (tertiary/aromatic N) is 2. The van der Waals surface area contributed by atoms with Crippen molar-refractivity contribution in [1.29, 1.82) is 0 Å². The number of carboxylic acid groups (broad SMARTS) is 3. The largest absolute Gasteiger partial charge is 0.481 e. The minimum Gasteiger partial charge on any atom is -0.481 e. The summed E-state index contributed by atoms with van der Waals surface area (Å²) in [4.78, 5) is 41.2. The molecule has 37 heavy (non-hydrogen) atoms. The van der Waals surface area contributed by atoms with Gasteiger partial charge in [0.15, 0.2) is 0 Å². The van der Waals surface area contributed by atoms with Crippen LogP contribution < -0.4 is 0 Å². The molecule has 1 radical (unpaired) electrons. The van der Waals surface area contributed by atoms with E-state index in [1.165, 1.54) is 0 Å². The topological polar surface area (TPSA) is 137 Å². The van der Waals surface area contributed by atoms with Gasteiger partial charge in [0, 0.05) is 46.2 Å². The maximum atomic E-state index is 10.9. The van der Waals surface area contributed by atoms with Gasteiger partial charge in [0.05, 0.1) is 22.5 Å². The van der Waals surface area contributed by atoms with E-state index in [-0.39, 0.29) is 28.2 Å². The molecule has 2 heterocycles. The van der Waals surface area contributed by atoms with E-state index in [4.69, 9.17) is 20.1 Å². The maximum Gasteiger partial charge on any atom is 0.337 e. The maximum absolute atomic E-state index is 10.9. The van der Waals surface area contributed by atoms with Crippen LogP contribution in [0.2, 0.25) is 0 Å². The molecular formula is C26H22MnN2O6S2. The van der Waals surface area contributed by atoms with Crippen molar-refractivity contribution >= 4 is 64.4 Å². The molecule has 4 rings (SSSR count). The Morgan fingerprint density at radius 3 is 1.30 bits per heavy atom. The number of carbonyl (C=O) groups is 3. The van der Waals surface area contributed by atoms with E-state index in [0.717, 1.165) is 16.7 Å². The molecular weight excluding hydrogens is 555 g/mol. The number of aliphatic carboxylic acids is 1. The molecule has 8 nitrogen and oxygen atoms in total. The molecule has 0 bridgehead atoms. The van der Waals surface area contributed by atoms with Crippen molar-refractivity contribution in [2.24, 2.45) is 9.98 Å². The molecule has 11 heteroatoms. The normalized spacial score (nSPS) is 9.97. The van der Waals surface area contributed by atoms with E-state index in [2.05, 4.69) is 9.98 Å². The van der Waals surface area contributed by atoms with Crippen LogP contribution in [0.15, 0.2) is 93.5 Å². The first-order valence-corrected chi connectivity index (χ1v) is 12.0. The smallest absolute Gasteiger partial charge is 0.337 e. The number of carboxylic acids is 3. The van der Waals surface area contributed by atoms with Crippen LogP contribution in [-0.4, -0.2) is 45.7 Å². The Labute approximate surface area is 231 Å². The molecule has 191 valence electrons. The second kappa shape index (κ2) is 16.7. The Kier molecular flexibility index (Phi) is 14.1. The molecule has 4 aromatic rings. The average molecular weight is 578 g/mol. The van der Waals surface area contributed by atoms with Crippen LogP contribution in [0, 0.1) is 0 Å². The summed E-state index contributed by atoms with van der Waals surface area (Å²) >= 11 is 3.12. The summed E-state index contributed by atoms with van der Waals surface area (Å²) in [5.41, 5.74) is 1.39. The molecule has 0 fully saturated rings. The molecule has 0 aliphatic rings. The second-order valence-corrected chi connectivity index (χ2v) is 8.67. The van der Waals surface area contributed by atoms with Crippen LogP contribution in [0.3, 0.4) is 0 Å². The van der Waals surface area contributed by atoms with E-state index >= 15 is 0 Å². The van der Waals surface area contributed by atoms with Gasteiger partial charge in [-0.3, -0.25) is 14.8 Å². The number of hydrogen-bond donors (Lipinski definition) is 3. The molecule has 0 spiro atoms. The van der Waals surface area contributed by atoms with E-state index < -0.39 is 17.9 Å². The minimum atomic E-state index is -0.959. The Hall–Kier alpha value is -3.89. The quantitative estimate of drug-likeness (QED) is 0.177. The SMILES string of the molecule is CC(=O)O.O=C(O)c1ccccc1N=Cc1cccs1.O=C(O)c1ccccc1N=Cc1cccs1.[Mn]. The van der Waals surface area contributed by atoms with Crippen LogP contribution in [0.25, 0.3) is 0 Å². The molecule has 0 atom stereocenters. The third-order valence-electron chi connectivity index (χ3n) is 4.02. The van der Waals surface area contributed by atoms with E-state index in [1.807, 2.05) is 35.0 Å². The van der Waals surface area contributed by atoms with Crippen molar-refractivity contribution < 1.29 is 46.8 Å². The predicted molar refractivity (Wildman–Crippen MR) is 143 cm³/mol. The average Bonchev–Trinajstić information content (AvgIpc) is 3.56. The third kappa shape index (κ3) is 11.6. The number of para-hydroxylation sites is 2. The number of hydrogen-bond acceptors (Lipinski definition) is 7. The summed E-state index contributed by atoms with van der Waals surface area (Å²) in [6.07, 6.45) is 3.35. The van der Waals surface area contributed by atoms with Crippen molar-refractivity contribution in [2.45, 2.75) is 6.92 Å². The fraction of sp³-hybridized carbons (Fsp3) is 0.0385. The zero-order valence-electron chi connectivity index (χ0n) is 19.4. The molecule has 0 unspecified atom stereocenters. The van der Waals surface area contributed by atoms with Crippen LogP contribution in [-0.2, 0) is 21.9 Å². The first-order valence-electron chi connectivity index (χ1n) is 10.3. The van der Waals surface area contributed by atoms with Gasteiger partial charge in [-0.2, -0.15) is 0 Å². The zero-order valence-corrected chi connectivity index (χ0v) is 22.2. The minimum absolute atomic E-state index is 0. The number of thiophene rings is 2. The third-order valence-corrected chi connectivity index (χ3v) is 5.63. The van der Waals surface area contributed by atoms with Gasteiger partial charge in [0.25, 0.3) is 5.97 Å². The Bertz CT molecular complexity index is 1240. The van der Waals surface area contributed by atoms with Crippen LogP contribution in [0.5, 0.6) is 0 Å². The second-order valence-electron chi connectivity index (χ2n) is 6.71. The van der Waals surface area contributed by atoms with Gasteiger partial charge in [-0.15, -0.1) is 22.7 Å². The van der Waals surface area contributed by atoms with E-state index in [1.54, 1.807) is 83.6 Å². The first kappa shape index (κ1) is 31.1. The van der Waals surface area contributed by atoms with Crippen molar-refractivity contribution in [3.63, 3.8) is 0 Å². The van der Waals surface area contributed by atoms with Crippen LogP contribution >= 0.6 is 22.7 Å². The fourth-order valence-corrected chi connectivity index (χ4v) is 3.70. The van der Waals surface area contributed by atoms with Gasteiger partial charge >= 0.3 is 11.9 Å². The molecule has 2 aromatic heterocycles. The monoisotopic (exact) mass is 577 g/mol. The molecule has 0 saturated heterocycles. The summed E-state index contributed by atoms with van der Waals surface area (Å²) in [6.45, 7) is 1.08. The number of benzene rings is 2. The standard InChI is InChI=1S/2C12H9NO2S.C2H4O2.Mn/c2*14-12(15)10-5-1-2-6-11(10)13-8-9-4-3-7-16-9;1-2(3)4;/h2*1-8H,(H,14,15);1H3,(H,3,4);. The fourth-order valence-electron chi connectivity index (χ4n) is 2.53. The Balaban J connectivity index is 0.000000316. The molecule has 0 amide bonds. The van der Waals surface area contributed by atoms with Crippen molar-refractivity contribution in [3.8, 4) is 0 Å². The van der Waals surface area contributed by atoms with E-state index in [0.29, 0.717) is 11.4 Å². The zero-order chi connectivity index (χ0) is 26.3. The number of aromatic carboxylic acids is 2. The molecule has 0 saturated carbocycles. The summed E-state index contributed by atoms with van der Waals surface area (Å²) < 4.78 is 0. The number of rotatable bonds is 6. The summed E-state index contributed by atoms with van der Waals surface area (Å²) in [7, 11) is 0. The van der Waals surface area contributed by atoms with Gasteiger partial charge < -0.3 is 15.3 Å². The molecule has 3 N–H and O–H groups in total. The summed E-state index contributed by atoms with van der Waals surface area (Å²) in [6, 6.07) is 21.1. The van der Waals surface area contributed by atoms with E-state index in [9.17, 15) is 9.59 Å². The van der Waals surface area contributed by atoms with Crippen molar-refractivity contribution in [3.05, 3.63) is 104 Å². The van der Waals surface area contributed by atoms with Crippen LogP contribution in [0.4, 0.5) is 11.4 Å². The Morgan fingerprint density at radius 2 is 1.00 bits per heavy atom.